The highest BCUT2D eigenvalue weighted by Gasteiger charge is 2.15. The largest absolute Gasteiger partial charge is 0.478 e. The Bertz CT molecular complexity index is 885. The van der Waals surface area contributed by atoms with Gasteiger partial charge in [0.25, 0.3) is 0 Å². The van der Waals surface area contributed by atoms with E-state index < -0.39 is 11.9 Å². The third kappa shape index (κ3) is 3.29. The van der Waals surface area contributed by atoms with Crippen LogP contribution >= 0.6 is 15.9 Å². The number of carbonyl (C=O) groups is 1. The van der Waals surface area contributed by atoms with Gasteiger partial charge in [-0.2, -0.15) is 4.39 Å². The smallest absolute Gasteiger partial charge is 0.335 e. The quantitative estimate of drug-likeness (QED) is 0.394. The highest BCUT2D eigenvalue weighted by Crippen LogP contribution is 2.28. The van der Waals surface area contributed by atoms with Crippen LogP contribution in [0.4, 0.5) is 4.39 Å². The number of aromatic carboxylic acids is 1. The number of aromatic nitrogens is 4. The molecule has 23 heavy (non-hydrogen) atoms. The second-order valence-electron chi connectivity index (χ2n) is 4.00. The van der Waals surface area contributed by atoms with Crippen LogP contribution in [0.5, 0.6) is 0 Å². The molecule has 0 amide bonds. The first-order valence-electron chi connectivity index (χ1n) is 5.83. The molecule has 3 rings (SSSR count). The number of halogens is 2. The molecular weight excluding hydrogens is 377 g/mol. The van der Waals surface area contributed by atoms with Crippen LogP contribution in [-0.4, -0.2) is 35.8 Å². The number of hydrogen-bond acceptors (Lipinski definition) is 6. The van der Waals surface area contributed by atoms with E-state index in [2.05, 4.69) is 30.9 Å². The Morgan fingerprint density at radius 1 is 1.35 bits per heavy atom. The lowest BCUT2D eigenvalue weighted by molar-refractivity contribution is 0.0696. The number of hydrogen-bond donors (Lipinski definition) is 2. The first kappa shape index (κ1) is 16.4. The van der Waals surface area contributed by atoms with Crippen LogP contribution in [0.3, 0.4) is 0 Å². The molecule has 11 heteroatoms. The van der Waals surface area contributed by atoms with E-state index in [1.165, 1.54) is 28.2 Å². The molecule has 0 radical (unpaired) electrons. The molecule has 3 aromatic rings. The second-order valence-corrected chi connectivity index (χ2v) is 4.85. The summed E-state index contributed by atoms with van der Waals surface area (Å²) in [6.45, 7) is 0. The number of pyridine rings is 1. The summed E-state index contributed by atoms with van der Waals surface area (Å²) in [6, 6.07) is 2.76. The first-order chi connectivity index (χ1) is 11.0. The summed E-state index contributed by atoms with van der Waals surface area (Å²) in [5.41, 5.74) is 0.391. The standard InChI is InChI=1S/C12H6BrFN4O2.HNO2/c13-7-4-18(11-9(7)10(14)16-5-17-11)8-3-6(12(19)20)1-2-15-8;2-1-3/h1-5H,(H,19,20);(H,2,3). The van der Waals surface area contributed by atoms with Crippen molar-refractivity contribution in [2.75, 3.05) is 0 Å². The van der Waals surface area contributed by atoms with Crippen molar-refractivity contribution in [1.29, 1.82) is 0 Å². The fourth-order valence-electron chi connectivity index (χ4n) is 1.84. The second kappa shape index (κ2) is 6.87. The molecule has 3 aromatic heterocycles. The minimum Gasteiger partial charge on any atom is -0.478 e. The maximum atomic E-state index is 13.7. The molecule has 0 saturated carbocycles. The fraction of sp³-hybridized carbons (Fsp3) is 0. The van der Waals surface area contributed by atoms with Crippen LogP contribution in [0.15, 0.2) is 40.7 Å². The lowest BCUT2D eigenvalue weighted by atomic mass is 10.2. The molecule has 0 fully saturated rings. The van der Waals surface area contributed by atoms with E-state index in [0.29, 0.717) is 15.9 Å². The fourth-order valence-corrected chi connectivity index (χ4v) is 2.39. The molecule has 0 atom stereocenters. The van der Waals surface area contributed by atoms with Gasteiger partial charge in [0.1, 0.15) is 12.1 Å². The van der Waals surface area contributed by atoms with Gasteiger partial charge in [0.15, 0.2) is 11.0 Å². The number of fused-ring (bicyclic) bond motifs is 1. The number of rotatable bonds is 2. The first-order valence-corrected chi connectivity index (χ1v) is 6.62. The Morgan fingerprint density at radius 2 is 2.04 bits per heavy atom. The topological polar surface area (TPSA) is 131 Å². The third-order valence-corrected chi connectivity index (χ3v) is 3.33. The van der Waals surface area contributed by atoms with E-state index in [0.717, 1.165) is 6.33 Å². The summed E-state index contributed by atoms with van der Waals surface area (Å²) >= 11 is 3.23. The van der Waals surface area contributed by atoms with Crippen molar-refractivity contribution in [2.24, 2.45) is 5.34 Å². The van der Waals surface area contributed by atoms with Crippen LogP contribution in [0, 0.1) is 10.9 Å². The molecule has 9 nitrogen and oxygen atoms in total. The monoisotopic (exact) mass is 383 g/mol. The van der Waals surface area contributed by atoms with Gasteiger partial charge in [-0.25, -0.2) is 19.7 Å². The summed E-state index contributed by atoms with van der Waals surface area (Å²) in [7, 11) is 0. The molecule has 118 valence electrons. The predicted octanol–water partition coefficient (Wildman–Crippen LogP) is 2.56. The normalized spacial score (nSPS) is 10.0. The van der Waals surface area contributed by atoms with Crippen LogP contribution in [-0.2, 0) is 0 Å². The molecule has 2 N–H and O–H groups in total. The van der Waals surface area contributed by atoms with Gasteiger partial charge in [0.2, 0.25) is 5.95 Å². The molecule has 0 saturated heterocycles. The zero-order valence-corrected chi connectivity index (χ0v) is 12.7. The summed E-state index contributed by atoms with van der Waals surface area (Å²) in [4.78, 5) is 30.7. The molecule has 0 aliphatic carbocycles. The highest BCUT2D eigenvalue weighted by molar-refractivity contribution is 9.10. The molecule has 0 bridgehead atoms. The Hall–Kier alpha value is -2.95. The van der Waals surface area contributed by atoms with Gasteiger partial charge in [-0.1, -0.05) is 0 Å². The minimum absolute atomic E-state index is 0.0856. The van der Waals surface area contributed by atoms with Crippen LogP contribution in [0.2, 0.25) is 0 Å². The molecule has 3 heterocycles. The SMILES string of the molecule is O=C(O)c1ccnc(-n2cc(Br)c3c(F)ncnc32)c1.O=NO. The third-order valence-electron chi connectivity index (χ3n) is 2.73. The summed E-state index contributed by atoms with van der Waals surface area (Å²) < 4.78 is 15.6. The summed E-state index contributed by atoms with van der Waals surface area (Å²) in [5, 5.41) is 17.1. The van der Waals surface area contributed by atoms with Crippen molar-refractivity contribution in [3.63, 3.8) is 0 Å². The summed E-state index contributed by atoms with van der Waals surface area (Å²) in [5.74, 6) is -1.39. The molecule has 0 unspecified atom stereocenters. The molecule has 0 aliphatic rings. The van der Waals surface area contributed by atoms with Gasteiger partial charge < -0.3 is 10.3 Å². The minimum atomic E-state index is -1.06. The van der Waals surface area contributed by atoms with Crippen LogP contribution < -0.4 is 0 Å². The van der Waals surface area contributed by atoms with E-state index in [4.69, 9.17) is 15.2 Å². The van der Waals surface area contributed by atoms with Gasteiger partial charge in [-0.05, 0) is 28.1 Å². The van der Waals surface area contributed by atoms with Gasteiger partial charge in [-0.3, -0.25) is 4.57 Å². The number of carboxylic acid groups (broad SMARTS) is 1. The maximum Gasteiger partial charge on any atom is 0.335 e. The zero-order chi connectivity index (χ0) is 17.0. The predicted molar refractivity (Wildman–Crippen MR) is 78.9 cm³/mol. The molecule has 0 aliphatic heterocycles. The Kier molecular flexibility index (Phi) is 4.91. The summed E-state index contributed by atoms with van der Waals surface area (Å²) in [6.07, 6.45) is 4.04. The number of carboxylic acids is 1. The van der Waals surface area contributed by atoms with Gasteiger partial charge in [0, 0.05) is 16.9 Å². The van der Waals surface area contributed by atoms with E-state index in [1.54, 1.807) is 6.20 Å². The molecule has 0 aromatic carbocycles. The maximum absolute atomic E-state index is 13.7. The van der Waals surface area contributed by atoms with Crippen LogP contribution in [0.25, 0.3) is 16.9 Å². The van der Waals surface area contributed by atoms with E-state index >= 15 is 0 Å². The van der Waals surface area contributed by atoms with Crippen molar-refractivity contribution >= 4 is 32.9 Å². The van der Waals surface area contributed by atoms with Gasteiger partial charge in [0.05, 0.1) is 10.9 Å². The van der Waals surface area contributed by atoms with Crippen molar-refractivity contribution in [2.45, 2.75) is 0 Å². The van der Waals surface area contributed by atoms with E-state index in [9.17, 15) is 9.18 Å². The average molecular weight is 384 g/mol. The van der Waals surface area contributed by atoms with Crippen molar-refractivity contribution in [3.05, 3.63) is 51.7 Å². The zero-order valence-electron chi connectivity index (χ0n) is 11.1. The van der Waals surface area contributed by atoms with E-state index in [1.807, 2.05) is 0 Å². The lowest BCUT2D eigenvalue weighted by Gasteiger charge is -2.04. The van der Waals surface area contributed by atoms with Gasteiger partial charge >= 0.3 is 5.97 Å². The average Bonchev–Trinajstić information content (AvgIpc) is 2.87. The Balaban J connectivity index is 0.000000595. The Morgan fingerprint density at radius 3 is 2.70 bits per heavy atom. The van der Waals surface area contributed by atoms with Crippen molar-refractivity contribution in [3.8, 4) is 5.82 Å². The molecular formula is C12H7BrFN5O4. The van der Waals surface area contributed by atoms with E-state index in [-0.39, 0.29) is 10.9 Å². The van der Waals surface area contributed by atoms with Gasteiger partial charge in [-0.15, -0.1) is 4.91 Å². The number of nitrogens with zero attached hydrogens (tertiary/aromatic N) is 5. The Labute approximate surface area is 135 Å². The van der Waals surface area contributed by atoms with Crippen molar-refractivity contribution < 1.29 is 19.5 Å². The van der Waals surface area contributed by atoms with Crippen molar-refractivity contribution in [1.82, 2.24) is 19.5 Å². The molecule has 0 spiro atoms. The highest BCUT2D eigenvalue weighted by atomic mass is 79.9. The lowest BCUT2D eigenvalue weighted by Crippen LogP contribution is -2.02. The van der Waals surface area contributed by atoms with Crippen LogP contribution in [0.1, 0.15) is 10.4 Å².